The van der Waals surface area contributed by atoms with Gasteiger partial charge < -0.3 is 14.2 Å². The molecule has 0 N–H and O–H groups in total. The summed E-state index contributed by atoms with van der Waals surface area (Å²) in [5.74, 6) is 1.68. The second-order valence-corrected chi connectivity index (χ2v) is 9.52. The molecule has 180 valence electrons. The highest BCUT2D eigenvalue weighted by molar-refractivity contribution is 5.49. The van der Waals surface area contributed by atoms with E-state index < -0.39 is 5.60 Å². The maximum atomic E-state index is 7.08. The Labute approximate surface area is 205 Å². The van der Waals surface area contributed by atoms with Crippen LogP contribution in [0.5, 0.6) is 11.5 Å². The van der Waals surface area contributed by atoms with E-state index in [0.29, 0.717) is 12.0 Å². The Bertz CT molecular complexity index is 955. The van der Waals surface area contributed by atoms with Crippen molar-refractivity contribution in [1.82, 2.24) is 0 Å². The maximum absolute atomic E-state index is 7.08. The molecule has 0 spiro atoms. The van der Waals surface area contributed by atoms with Gasteiger partial charge in [0.25, 0.3) is 0 Å². The molecule has 1 fully saturated rings. The average Bonchev–Trinajstić information content (AvgIpc) is 2.92. The number of rotatable bonds is 10. The summed E-state index contributed by atoms with van der Waals surface area (Å²) in [4.78, 5) is 0. The number of hydrogen-bond donors (Lipinski definition) is 0. The van der Waals surface area contributed by atoms with Crippen LogP contribution in [0.15, 0.2) is 78.9 Å². The van der Waals surface area contributed by atoms with Crippen molar-refractivity contribution in [2.45, 2.75) is 57.5 Å². The van der Waals surface area contributed by atoms with Gasteiger partial charge >= 0.3 is 0 Å². The third kappa shape index (κ3) is 5.00. The molecule has 0 amide bonds. The van der Waals surface area contributed by atoms with Crippen LogP contribution in [0.2, 0.25) is 0 Å². The van der Waals surface area contributed by atoms with Crippen LogP contribution in [0.3, 0.4) is 0 Å². The summed E-state index contributed by atoms with van der Waals surface area (Å²) >= 11 is 0. The number of benzene rings is 3. The molecule has 0 unspecified atom stereocenters. The Morgan fingerprint density at radius 1 is 0.676 bits per heavy atom. The predicted octanol–water partition coefficient (Wildman–Crippen LogP) is 7.76. The van der Waals surface area contributed by atoms with Gasteiger partial charge in [0.2, 0.25) is 0 Å². The van der Waals surface area contributed by atoms with Gasteiger partial charge in [0.1, 0.15) is 17.1 Å². The average molecular weight is 459 g/mol. The summed E-state index contributed by atoms with van der Waals surface area (Å²) in [5.41, 5.74) is 3.00. The summed E-state index contributed by atoms with van der Waals surface area (Å²) in [6, 6.07) is 27.2. The molecule has 3 aromatic rings. The van der Waals surface area contributed by atoms with E-state index in [1.807, 2.05) is 24.3 Å². The van der Waals surface area contributed by atoms with E-state index in [1.165, 1.54) is 38.5 Å². The SMILES string of the molecule is CCC1(CCOC(c2ccccc2)(c2ccc(OC)cc2)c2ccc(OC)cc2)CCCCC1. The number of ether oxygens (including phenoxy) is 3. The second-order valence-electron chi connectivity index (χ2n) is 9.52. The first-order valence-corrected chi connectivity index (χ1v) is 12.6. The minimum atomic E-state index is -0.719. The minimum absolute atomic E-state index is 0.403. The van der Waals surface area contributed by atoms with Crippen molar-refractivity contribution in [3.63, 3.8) is 0 Å². The van der Waals surface area contributed by atoms with E-state index in [0.717, 1.165) is 34.6 Å². The first kappa shape index (κ1) is 24.3. The molecule has 0 heterocycles. The second kappa shape index (κ2) is 11.1. The molecule has 3 nitrogen and oxygen atoms in total. The lowest BCUT2D eigenvalue weighted by Gasteiger charge is -2.40. The highest BCUT2D eigenvalue weighted by atomic mass is 16.5. The minimum Gasteiger partial charge on any atom is -0.497 e. The maximum Gasteiger partial charge on any atom is 0.143 e. The van der Waals surface area contributed by atoms with Crippen molar-refractivity contribution < 1.29 is 14.2 Å². The molecule has 1 aliphatic carbocycles. The fourth-order valence-corrected chi connectivity index (χ4v) is 5.58. The van der Waals surface area contributed by atoms with Crippen LogP contribution < -0.4 is 9.47 Å². The van der Waals surface area contributed by atoms with Gasteiger partial charge in [-0.05, 0) is 65.6 Å². The molecule has 1 saturated carbocycles. The molecule has 0 aliphatic heterocycles. The standard InChI is InChI=1S/C31H38O3/c1-4-30(21-9-6-10-22-30)23-24-34-31(25-11-7-5-8-12-25,26-13-17-28(32-2)18-14-26)27-15-19-29(33-3)20-16-27/h5,7-8,11-20H,4,6,9-10,21-24H2,1-3H3. The molecule has 0 bridgehead atoms. The van der Waals surface area contributed by atoms with Crippen LogP contribution in [0.25, 0.3) is 0 Å². The summed E-state index contributed by atoms with van der Waals surface area (Å²) in [5, 5.41) is 0. The molecular formula is C31H38O3. The zero-order chi connectivity index (χ0) is 23.9. The topological polar surface area (TPSA) is 27.7 Å². The van der Waals surface area contributed by atoms with Crippen molar-refractivity contribution in [2.24, 2.45) is 5.41 Å². The summed E-state index contributed by atoms with van der Waals surface area (Å²) in [6.07, 6.45) is 8.99. The van der Waals surface area contributed by atoms with Gasteiger partial charge in [-0.15, -0.1) is 0 Å². The van der Waals surface area contributed by atoms with Crippen LogP contribution in [-0.4, -0.2) is 20.8 Å². The zero-order valence-corrected chi connectivity index (χ0v) is 20.9. The molecule has 3 aromatic carbocycles. The van der Waals surface area contributed by atoms with Gasteiger partial charge in [0.05, 0.1) is 14.2 Å². The van der Waals surface area contributed by atoms with Gasteiger partial charge in [0.15, 0.2) is 0 Å². The van der Waals surface area contributed by atoms with Crippen molar-refractivity contribution in [3.05, 3.63) is 95.6 Å². The Morgan fingerprint density at radius 2 is 1.18 bits per heavy atom. The zero-order valence-electron chi connectivity index (χ0n) is 20.9. The molecular weight excluding hydrogens is 420 g/mol. The largest absolute Gasteiger partial charge is 0.497 e. The molecule has 0 saturated heterocycles. The predicted molar refractivity (Wildman–Crippen MR) is 139 cm³/mol. The lowest BCUT2D eigenvalue weighted by Crippen LogP contribution is -2.35. The molecule has 3 heteroatoms. The Morgan fingerprint density at radius 3 is 1.65 bits per heavy atom. The molecule has 4 rings (SSSR count). The Balaban J connectivity index is 1.78. The van der Waals surface area contributed by atoms with E-state index in [-0.39, 0.29) is 0 Å². The van der Waals surface area contributed by atoms with E-state index >= 15 is 0 Å². The quantitative estimate of drug-likeness (QED) is 0.291. The molecule has 1 aliphatic rings. The van der Waals surface area contributed by atoms with E-state index in [1.54, 1.807) is 14.2 Å². The Hall–Kier alpha value is -2.78. The third-order valence-electron chi connectivity index (χ3n) is 7.79. The van der Waals surface area contributed by atoms with Crippen LogP contribution in [-0.2, 0) is 10.3 Å². The van der Waals surface area contributed by atoms with Gasteiger partial charge in [-0.25, -0.2) is 0 Å². The van der Waals surface area contributed by atoms with Gasteiger partial charge in [-0.2, -0.15) is 0 Å². The fraction of sp³-hybridized carbons (Fsp3) is 0.419. The first-order valence-electron chi connectivity index (χ1n) is 12.6. The monoisotopic (exact) mass is 458 g/mol. The Kier molecular flexibility index (Phi) is 7.95. The number of methoxy groups -OCH3 is 2. The molecule has 34 heavy (non-hydrogen) atoms. The van der Waals surface area contributed by atoms with Crippen LogP contribution in [0.4, 0.5) is 0 Å². The van der Waals surface area contributed by atoms with Crippen molar-refractivity contribution in [2.75, 3.05) is 20.8 Å². The lowest BCUT2D eigenvalue weighted by molar-refractivity contribution is -0.0122. The van der Waals surface area contributed by atoms with E-state index in [9.17, 15) is 0 Å². The smallest absolute Gasteiger partial charge is 0.143 e. The van der Waals surface area contributed by atoms with Crippen molar-refractivity contribution >= 4 is 0 Å². The fourth-order valence-electron chi connectivity index (χ4n) is 5.58. The lowest BCUT2D eigenvalue weighted by atomic mass is 9.70. The normalized spacial score (nSPS) is 15.6. The molecule has 0 radical (unpaired) electrons. The van der Waals surface area contributed by atoms with Crippen molar-refractivity contribution in [3.8, 4) is 11.5 Å². The van der Waals surface area contributed by atoms with Crippen LogP contribution >= 0.6 is 0 Å². The summed E-state index contributed by atoms with van der Waals surface area (Å²) < 4.78 is 18.0. The summed E-state index contributed by atoms with van der Waals surface area (Å²) in [7, 11) is 3.40. The van der Waals surface area contributed by atoms with E-state index in [4.69, 9.17) is 14.2 Å². The van der Waals surface area contributed by atoms with E-state index in [2.05, 4.69) is 61.5 Å². The van der Waals surface area contributed by atoms with Gasteiger partial charge in [-0.1, -0.05) is 87.2 Å². The highest BCUT2D eigenvalue weighted by Crippen LogP contribution is 2.45. The molecule has 0 atom stereocenters. The van der Waals surface area contributed by atoms with Crippen LogP contribution in [0, 0.1) is 5.41 Å². The van der Waals surface area contributed by atoms with Gasteiger partial charge in [0, 0.05) is 6.61 Å². The molecule has 0 aromatic heterocycles. The number of hydrogen-bond acceptors (Lipinski definition) is 3. The highest BCUT2D eigenvalue weighted by Gasteiger charge is 2.39. The van der Waals surface area contributed by atoms with Gasteiger partial charge in [-0.3, -0.25) is 0 Å². The third-order valence-corrected chi connectivity index (χ3v) is 7.79. The van der Waals surface area contributed by atoms with Crippen LogP contribution in [0.1, 0.15) is 68.6 Å². The summed E-state index contributed by atoms with van der Waals surface area (Å²) in [6.45, 7) is 3.06. The first-order chi connectivity index (χ1) is 16.7. The van der Waals surface area contributed by atoms with Crippen molar-refractivity contribution in [1.29, 1.82) is 0 Å².